The summed E-state index contributed by atoms with van der Waals surface area (Å²) >= 11 is 1.52. The number of anilines is 1. The number of amides is 1. The molecule has 0 saturated heterocycles. The summed E-state index contributed by atoms with van der Waals surface area (Å²) in [5, 5.41) is 14.0. The Kier molecular flexibility index (Phi) is 4.41. The van der Waals surface area contributed by atoms with E-state index in [1.807, 2.05) is 47.8 Å². The zero-order chi connectivity index (χ0) is 16.1. The SMILES string of the molecule is N#CCC(=O)Nc1cccc(-c2nc(-c3ccccn3)cs2)c1. The van der Waals surface area contributed by atoms with Crippen LogP contribution in [0.1, 0.15) is 6.42 Å². The molecule has 0 aliphatic heterocycles. The quantitative estimate of drug-likeness (QED) is 0.794. The van der Waals surface area contributed by atoms with Crippen molar-refractivity contribution in [2.45, 2.75) is 6.42 Å². The van der Waals surface area contributed by atoms with Crippen LogP contribution in [-0.2, 0) is 4.79 Å². The zero-order valence-corrected chi connectivity index (χ0v) is 12.9. The van der Waals surface area contributed by atoms with Crippen LogP contribution in [-0.4, -0.2) is 15.9 Å². The van der Waals surface area contributed by atoms with E-state index in [1.54, 1.807) is 12.3 Å². The van der Waals surface area contributed by atoms with Crippen molar-refractivity contribution in [3.63, 3.8) is 0 Å². The molecule has 112 valence electrons. The second-order valence-corrected chi connectivity index (χ2v) is 5.57. The largest absolute Gasteiger partial charge is 0.325 e. The molecule has 0 saturated carbocycles. The van der Waals surface area contributed by atoms with E-state index in [2.05, 4.69) is 15.3 Å². The van der Waals surface area contributed by atoms with E-state index in [1.165, 1.54) is 11.3 Å². The maximum Gasteiger partial charge on any atom is 0.238 e. The van der Waals surface area contributed by atoms with E-state index in [9.17, 15) is 4.79 Å². The van der Waals surface area contributed by atoms with Crippen LogP contribution >= 0.6 is 11.3 Å². The third-order valence-electron chi connectivity index (χ3n) is 3.06. The first-order chi connectivity index (χ1) is 11.3. The fourth-order valence-electron chi connectivity index (χ4n) is 2.05. The van der Waals surface area contributed by atoms with E-state index >= 15 is 0 Å². The highest BCUT2D eigenvalue weighted by Gasteiger charge is 2.08. The Morgan fingerprint density at radius 3 is 2.91 bits per heavy atom. The lowest BCUT2D eigenvalue weighted by Gasteiger charge is -2.04. The van der Waals surface area contributed by atoms with E-state index in [0.29, 0.717) is 5.69 Å². The number of rotatable bonds is 4. The highest BCUT2D eigenvalue weighted by molar-refractivity contribution is 7.13. The van der Waals surface area contributed by atoms with Gasteiger partial charge in [-0.15, -0.1) is 11.3 Å². The molecule has 2 aromatic heterocycles. The molecule has 5 nitrogen and oxygen atoms in total. The Morgan fingerprint density at radius 2 is 2.13 bits per heavy atom. The summed E-state index contributed by atoms with van der Waals surface area (Å²) in [6.45, 7) is 0. The van der Waals surface area contributed by atoms with Crippen molar-refractivity contribution in [2.24, 2.45) is 0 Å². The summed E-state index contributed by atoms with van der Waals surface area (Å²) in [4.78, 5) is 20.4. The Bertz CT molecular complexity index is 868. The van der Waals surface area contributed by atoms with Gasteiger partial charge in [-0.1, -0.05) is 18.2 Å². The summed E-state index contributed by atoms with van der Waals surface area (Å²) < 4.78 is 0. The fourth-order valence-corrected chi connectivity index (χ4v) is 2.86. The number of nitrogens with one attached hydrogen (secondary N) is 1. The van der Waals surface area contributed by atoms with Gasteiger partial charge in [0, 0.05) is 22.8 Å². The maximum atomic E-state index is 11.5. The van der Waals surface area contributed by atoms with Crippen LogP contribution in [0, 0.1) is 11.3 Å². The van der Waals surface area contributed by atoms with Gasteiger partial charge in [-0.3, -0.25) is 9.78 Å². The molecule has 1 N–H and O–H groups in total. The van der Waals surface area contributed by atoms with Gasteiger partial charge in [0.1, 0.15) is 17.1 Å². The number of benzene rings is 1. The van der Waals surface area contributed by atoms with Crippen LogP contribution in [0.3, 0.4) is 0 Å². The molecule has 2 heterocycles. The molecule has 0 atom stereocenters. The van der Waals surface area contributed by atoms with Gasteiger partial charge in [0.15, 0.2) is 0 Å². The van der Waals surface area contributed by atoms with Crippen LogP contribution in [0.5, 0.6) is 0 Å². The number of carbonyl (C=O) groups excluding carboxylic acids is 1. The number of nitriles is 1. The van der Waals surface area contributed by atoms with Crippen LogP contribution in [0.15, 0.2) is 54.0 Å². The van der Waals surface area contributed by atoms with Gasteiger partial charge in [0.2, 0.25) is 5.91 Å². The molecular formula is C17H12N4OS. The smallest absolute Gasteiger partial charge is 0.238 e. The van der Waals surface area contributed by atoms with Gasteiger partial charge < -0.3 is 5.32 Å². The first-order valence-corrected chi connectivity index (χ1v) is 7.78. The van der Waals surface area contributed by atoms with Gasteiger partial charge in [-0.25, -0.2) is 4.98 Å². The Balaban J connectivity index is 1.84. The molecule has 1 amide bonds. The normalized spacial score (nSPS) is 10.0. The molecule has 0 radical (unpaired) electrons. The molecule has 1 aromatic carbocycles. The lowest BCUT2D eigenvalue weighted by molar-refractivity contribution is -0.115. The minimum atomic E-state index is -0.321. The summed E-state index contributed by atoms with van der Waals surface area (Å²) in [5.74, 6) is -0.321. The van der Waals surface area contributed by atoms with E-state index in [4.69, 9.17) is 5.26 Å². The van der Waals surface area contributed by atoms with Crippen LogP contribution in [0.2, 0.25) is 0 Å². The highest BCUT2D eigenvalue weighted by atomic mass is 32.1. The van der Waals surface area contributed by atoms with Crippen molar-refractivity contribution in [1.29, 1.82) is 5.26 Å². The summed E-state index contributed by atoms with van der Waals surface area (Å²) in [6, 6.07) is 14.9. The second-order valence-electron chi connectivity index (χ2n) is 4.72. The highest BCUT2D eigenvalue weighted by Crippen LogP contribution is 2.29. The monoisotopic (exact) mass is 320 g/mol. The molecule has 23 heavy (non-hydrogen) atoms. The summed E-state index contributed by atoms with van der Waals surface area (Å²) in [6.07, 6.45) is 1.57. The Labute approximate surface area is 137 Å². The van der Waals surface area contributed by atoms with Crippen molar-refractivity contribution in [3.8, 4) is 28.0 Å². The molecule has 0 bridgehead atoms. The van der Waals surface area contributed by atoms with Crippen molar-refractivity contribution >= 4 is 22.9 Å². The first kappa shape index (κ1) is 14.9. The molecule has 0 unspecified atom stereocenters. The van der Waals surface area contributed by atoms with E-state index in [-0.39, 0.29) is 12.3 Å². The number of hydrogen-bond donors (Lipinski definition) is 1. The third-order valence-corrected chi connectivity index (χ3v) is 3.96. The lowest BCUT2D eigenvalue weighted by Crippen LogP contribution is -2.09. The fraction of sp³-hybridized carbons (Fsp3) is 0.0588. The van der Waals surface area contributed by atoms with Crippen molar-refractivity contribution in [1.82, 2.24) is 9.97 Å². The average Bonchev–Trinajstić information content (AvgIpc) is 3.06. The minimum absolute atomic E-state index is 0.161. The van der Waals surface area contributed by atoms with Crippen molar-refractivity contribution in [3.05, 3.63) is 54.0 Å². The standard InChI is InChI=1S/C17H12N4OS/c18-8-7-16(22)20-13-5-3-4-12(10-13)17-21-15(11-23-17)14-6-1-2-9-19-14/h1-6,9-11H,7H2,(H,20,22). The predicted octanol–water partition coefficient (Wildman–Crippen LogP) is 3.72. The van der Waals surface area contributed by atoms with Gasteiger partial charge in [-0.05, 0) is 24.3 Å². The Hall–Kier alpha value is -3.04. The summed E-state index contributed by atoms with van der Waals surface area (Å²) in [7, 11) is 0. The minimum Gasteiger partial charge on any atom is -0.325 e. The molecule has 0 fully saturated rings. The first-order valence-electron chi connectivity index (χ1n) is 6.90. The topological polar surface area (TPSA) is 78.7 Å². The molecule has 3 rings (SSSR count). The molecular weight excluding hydrogens is 308 g/mol. The lowest BCUT2D eigenvalue weighted by atomic mass is 10.2. The van der Waals surface area contributed by atoms with E-state index < -0.39 is 0 Å². The van der Waals surface area contributed by atoms with Crippen molar-refractivity contribution < 1.29 is 4.79 Å². The van der Waals surface area contributed by atoms with Gasteiger partial charge in [0.25, 0.3) is 0 Å². The number of aromatic nitrogens is 2. The molecule has 0 aliphatic carbocycles. The number of carbonyl (C=O) groups is 1. The summed E-state index contributed by atoms with van der Waals surface area (Å²) in [5.41, 5.74) is 3.21. The van der Waals surface area contributed by atoms with E-state index in [0.717, 1.165) is 22.0 Å². The van der Waals surface area contributed by atoms with Gasteiger partial charge in [-0.2, -0.15) is 5.26 Å². The number of hydrogen-bond acceptors (Lipinski definition) is 5. The predicted molar refractivity (Wildman–Crippen MR) is 89.6 cm³/mol. The molecule has 6 heteroatoms. The number of pyridine rings is 1. The van der Waals surface area contributed by atoms with Gasteiger partial charge >= 0.3 is 0 Å². The van der Waals surface area contributed by atoms with Crippen LogP contribution in [0.25, 0.3) is 22.0 Å². The molecule has 0 spiro atoms. The molecule has 3 aromatic rings. The van der Waals surface area contributed by atoms with Crippen molar-refractivity contribution in [2.75, 3.05) is 5.32 Å². The zero-order valence-electron chi connectivity index (χ0n) is 12.1. The number of thiazole rings is 1. The average molecular weight is 320 g/mol. The second kappa shape index (κ2) is 6.81. The number of nitrogens with zero attached hydrogens (tertiary/aromatic N) is 3. The Morgan fingerprint density at radius 1 is 1.22 bits per heavy atom. The van der Waals surface area contributed by atoms with Gasteiger partial charge in [0.05, 0.1) is 11.8 Å². The van der Waals surface area contributed by atoms with Crippen LogP contribution < -0.4 is 5.32 Å². The maximum absolute atomic E-state index is 11.5. The van der Waals surface area contributed by atoms with Crippen LogP contribution in [0.4, 0.5) is 5.69 Å². The third kappa shape index (κ3) is 3.59. The molecule has 0 aliphatic rings.